The third-order valence-electron chi connectivity index (χ3n) is 2.06. The fourth-order valence-electron chi connectivity index (χ4n) is 1.00. The van der Waals surface area contributed by atoms with Gasteiger partial charge >= 0.3 is 6.18 Å². The Balaban J connectivity index is 0.000000224. The van der Waals surface area contributed by atoms with Gasteiger partial charge in [-0.3, -0.25) is 4.79 Å². The fraction of sp³-hybridized carbons (Fsp3) is 0.300. The lowest BCUT2D eigenvalue weighted by atomic mass is 10.3. The molecule has 0 radical (unpaired) electrons. The van der Waals surface area contributed by atoms with E-state index >= 15 is 0 Å². The smallest absolute Gasteiger partial charge is 0.365 e. The molecular weight excluding hydrogens is 263 g/mol. The summed E-state index contributed by atoms with van der Waals surface area (Å²) < 4.78 is 34.7. The van der Waals surface area contributed by atoms with Gasteiger partial charge in [0.2, 0.25) is 0 Å². The van der Waals surface area contributed by atoms with Crippen LogP contribution in [0.15, 0.2) is 24.7 Å². The predicted molar refractivity (Wildman–Crippen MR) is 61.2 cm³/mol. The number of alkyl halides is 3. The van der Waals surface area contributed by atoms with Crippen LogP contribution in [-0.2, 0) is 0 Å². The number of amides is 1. The van der Waals surface area contributed by atoms with E-state index in [1.807, 2.05) is 0 Å². The second kappa shape index (κ2) is 5.65. The molecule has 2 aromatic heterocycles. The number of rotatable bonds is 1. The van der Waals surface area contributed by atoms with E-state index in [0.29, 0.717) is 11.2 Å². The van der Waals surface area contributed by atoms with Gasteiger partial charge in [-0.25, -0.2) is 9.50 Å². The highest BCUT2D eigenvalue weighted by Gasteiger charge is 2.32. The molecule has 6 nitrogen and oxygen atoms in total. The second-order valence-electron chi connectivity index (χ2n) is 3.64. The molecule has 0 unspecified atom stereocenters. The Morgan fingerprint density at radius 3 is 2.53 bits per heavy atom. The number of carbonyl (C=O) groups excluding carboxylic acids is 1. The monoisotopic (exact) mass is 275 g/mol. The van der Waals surface area contributed by atoms with Crippen LogP contribution in [0.1, 0.15) is 17.3 Å². The molecule has 104 valence electrons. The van der Waals surface area contributed by atoms with Crippen LogP contribution in [0.3, 0.4) is 0 Å². The van der Waals surface area contributed by atoms with Crippen molar-refractivity contribution in [3.8, 4) is 0 Å². The average Bonchev–Trinajstić information content (AvgIpc) is 2.72. The third-order valence-corrected chi connectivity index (χ3v) is 2.06. The molecule has 0 saturated heterocycles. The molecule has 0 saturated carbocycles. The largest absolute Gasteiger partial charge is 0.403 e. The van der Waals surface area contributed by atoms with Crippen molar-refractivity contribution in [3.63, 3.8) is 0 Å². The van der Waals surface area contributed by atoms with E-state index in [0.717, 1.165) is 6.92 Å². The maximum absolute atomic E-state index is 11.1. The number of nitrogens with two attached hydrogens (primary N) is 2. The lowest BCUT2D eigenvalue weighted by Crippen LogP contribution is -2.33. The van der Waals surface area contributed by atoms with Crippen LogP contribution in [-0.4, -0.2) is 32.7 Å². The topological polar surface area (TPSA) is 99.3 Å². The summed E-state index contributed by atoms with van der Waals surface area (Å²) in [6.45, 7) is 0.903. The van der Waals surface area contributed by atoms with Gasteiger partial charge in [0.05, 0.1) is 12.2 Å². The van der Waals surface area contributed by atoms with Crippen LogP contribution >= 0.6 is 0 Å². The van der Waals surface area contributed by atoms with E-state index in [-0.39, 0.29) is 0 Å². The summed E-state index contributed by atoms with van der Waals surface area (Å²) >= 11 is 0. The highest BCUT2D eigenvalue weighted by atomic mass is 19.4. The molecule has 2 heterocycles. The molecule has 19 heavy (non-hydrogen) atoms. The average molecular weight is 275 g/mol. The molecule has 9 heteroatoms. The lowest BCUT2D eigenvalue weighted by Gasteiger charge is -2.07. The fourth-order valence-corrected chi connectivity index (χ4v) is 1.00. The number of hydrogen-bond acceptors (Lipinski definition) is 4. The Hall–Kier alpha value is -2.16. The standard InChI is InChI=1S/C7H6N4O.C3H6F3N/c8-6(12)5-4-10-11-3-1-2-9-7(5)11;1-2(7)3(4,5)6/h1-4H,(H2,8,12);2H,7H2,1H3/t;2-/m.0/s1. The number of nitrogens with zero attached hydrogens (tertiary/aromatic N) is 3. The first-order valence-electron chi connectivity index (χ1n) is 5.14. The van der Waals surface area contributed by atoms with Gasteiger partial charge in [0.1, 0.15) is 5.56 Å². The van der Waals surface area contributed by atoms with E-state index in [4.69, 9.17) is 5.73 Å². The summed E-state index contributed by atoms with van der Waals surface area (Å²) in [5.74, 6) is -0.510. The van der Waals surface area contributed by atoms with Crippen molar-refractivity contribution >= 4 is 11.6 Å². The summed E-state index contributed by atoms with van der Waals surface area (Å²) in [7, 11) is 0. The minimum Gasteiger partial charge on any atom is -0.365 e. The molecule has 1 amide bonds. The molecular formula is C10H12F3N5O. The molecule has 0 aliphatic carbocycles. The molecule has 0 fully saturated rings. The van der Waals surface area contributed by atoms with Gasteiger partial charge in [-0.05, 0) is 13.0 Å². The van der Waals surface area contributed by atoms with E-state index in [1.54, 1.807) is 18.5 Å². The zero-order valence-electron chi connectivity index (χ0n) is 9.93. The zero-order chi connectivity index (χ0) is 14.6. The van der Waals surface area contributed by atoms with Crippen molar-refractivity contribution in [1.82, 2.24) is 14.6 Å². The second-order valence-corrected chi connectivity index (χ2v) is 3.64. The quantitative estimate of drug-likeness (QED) is 0.801. The Morgan fingerprint density at radius 1 is 1.47 bits per heavy atom. The van der Waals surface area contributed by atoms with Gasteiger partial charge in [-0.15, -0.1) is 0 Å². The maximum Gasteiger partial charge on any atom is 0.403 e. The van der Waals surface area contributed by atoms with Crippen molar-refractivity contribution in [2.75, 3.05) is 0 Å². The Kier molecular flexibility index (Phi) is 4.43. The van der Waals surface area contributed by atoms with Crippen LogP contribution in [0, 0.1) is 0 Å². The summed E-state index contributed by atoms with van der Waals surface area (Å²) in [4.78, 5) is 14.8. The van der Waals surface area contributed by atoms with E-state index in [2.05, 4.69) is 15.8 Å². The van der Waals surface area contributed by atoms with E-state index in [9.17, 15) is 18.0 Å². The number of primary amides is 1. The van der Waals surface area contributed by atoms with Crippen LogP contribution in [0.5, 0.6) is 0 Å². The molecule has 4 N–H and O–H groups in total. The van der Waals surface area contributed by atoms with Crippen LogP contribution in [0.2, 0.25) is 0 Å². The van der Waals surface area contributed by atoms with Gasteiger partial charge in [0.25, 0.3) is 5.91 Å². The summed E-state index contributed by atoms with van der Waals surface area (Å²) in [6, 6.07) is 0.0256. The van der Waals surface area contributed by atoms with Crippen LogP contribution in [0.4, 0.5) is 13.2 Å². The van der Waals surface area contributed by atoms with Gasteiger partial charge in [0, 0.05) is 12.4 Å². The molecule has 1 atom stereocenters. The SMILES string of the molecule is C[C@H](N)C(F)(F)F.NC(=O)c1cnn2cccnc12. The first-order valence-corrected chi connectivity index (χ1v) is 5.14. The van der Waals surface area contributed by atoms with Gasteiger partial charge in [-0.1, -0.05) is 0 Å². The number of aromatic nitrogens is 3. The van der Waals surface area contributed by atoms with Crippen molar-refractivity contribution < 1.29 is 18.0 Å². The highest BCUT2D eigenvalue weighted by Crippen LogP contribution is 2.16. The molecule has 2 rings (SSSR count). The normalized spacial score (nSPS) is 12.7. The first kappa shape index (κ1) is 14.9. The number of carbonyl (C=O) groups is 1. The third kappa shape index (κ3) is 3.91. The van der Waals surface area contributed by atoms with Gasteiger partial charge in [0.15, 0.2) is 5.65 Å². The van der Waals surface area contributed by atoms with Gasteiger partial charge in [-0.2, -0.15) is 18.3 Å². The minimum absolute atomic E-state index is 0.343. The van der Waals surface area contributed by atoms with Crippen molar-refractivity contribution in [1.29, 1.82) is 0 Å². The molecule has 0 aliphatic heterocycles. The van der Waals surface area contributed by atoms with Crippen molar-refractivity contribution in [2.45, 2.75) is 19.1 Å². The van der Waals surface area contributed by atoms with E-state index in [1.165, 1.54) is 10.7 Å². The molecule has 2 aromatic rings. The Bertz CT molecular complexity index is 564. The van der Waals surface area contributed by atoms with Crippen molar-refractivity contribution in [3.05, 3.63) is 30.2 Å². The summed E-state index contributed by atoms with van der Waals surface area (Å²) in [5.41, 5.74) is 10.4. The maximum atomic E-state index is 11.1. The molecule has 0 aliphatic rings. The summed E-state index contributed by atoms with van der Waals surface area (Å²) in [5, 5.41) is 3.89. The molecule has 0 spiro atoms. The van der Waals surface area contributed by atoms with Crippen molar-refractivity contribution in [2.24, 2.45) is 11.5 Å². The van der Waals surface area contributed by atoms with Crippen LogP contribution in [0.25, 0.3) is 5.65 Å². The number of hydrogen-bond donors (Lipinski definition) is 2. The Morgan fingerprint density at radius 2 is 2.05 bits per heavy atom. The molecule has 0 aromatic carbocycles. The minimum atomic E-state index is -4.22. The zero-order valence-corrected chi connectivity index (χ0v) is 9.93. The highest BCUT2D eigenvalue weighted by molar-refractivity contribution is 5.98. The summed E-state index contributed by atoms with van der Waals surface area (Å²) in [6.07, 6.45) is 0.475. The Labute approximate surface area is 106 Å². The lowest BCUT2D eigenvalue weighted by molar-refractivity contribution is -0.143. The van der Waals surface area contributed by atoms with Crippen LogP contribution < -0.4 is 11.5 Å². The predicted octanol–water partition coefficient (Wildman–Crippen LogP) is 0.724. The van der Waals surface area contributed by atoms with E-state index < -0.39 is 18.1 Å². The number of fused-ring (bicyclic) bond motifs is 1. The van der Waals surface area contributed by atoms with Gasteiger partial charge < -0.3 is 11.5 Å². The number of halogens is 3. The molecule has 0 bridgehead atoms. The first-order chi connectivity index (χ1) is 8.73.